The Morgan fingerprint density at radius 3 is 3.00 bits per heavy atom. The van der Waals surface area contributed by atoms with Crippen LogP contribution in [0, 0.1) is 19.8 Å². The van der Waals surface area contributed by atoms with Gasteiger partial charge in [0.25, 0.3) is 0 Å². The third kappa shape index (κ3) is 1.78. The summed E-state index contributed by atoms with van der Waals surface area (Å²) in [6, 6.07) is 2.91. The highest BCUT2D eigenvalue weighted by Gasteiger charge is 2.35. The molecule has 2 aliphatic rings. The number of hydrogen-bond acceptors (Lipinski definition) is 3. The summed E-state index contributed by atoms with van der Waals surface area (Å²) < 4.78 is 5.74. The second kappa shape index (κ2) is 3.90. The monoisotopic (exact) mass is 220 g/mol. The van der Waals surface area contributed by atoms with Crippen LogP contribution in [0.25, 0.3) is 0 Å². The average Bonchev–Trinajstić information content (AvgIpc) is 2.83. The van der Waals surface area contributed by atoms with Gasteiger partial charge in [0.15, 0.2) is 0 Å². The summed E-state index contributed by atoms with van der Waals surface area (Å²) in [7, 11) is 0. The number of nitrogens with zero attached hydrogens (tertiary/aromatic N) is 1. The molecule has 0 bridgehead atoms. The maximum Gasteiger partial charge on any atom is 0.118 e. The smallest absolute Gasteiger partial charge is 0.118 e. The van der Waals surface area contributed by atoms with Crippen molar-refractivity contribution in [3.63, 3.8) is 0 Å². The fraction of sp³-hybridized carbons (Fsp3) is 0.692. The summed E-state index contributed by atoms with van der Waals surface area (Å²) in [4.78, 5) is 2.51. The van der Waals surface area contributed by atoms with Gasteiger partial charge in [-0.25, -0.2) is 0 Å². The largest absolute Gasteiger partial charge is 0.465 e. The van der Waals surface area contributed by atoms with Crippen molar-refractivity contribution in [2.45, 2.75) is 32.9 Å². The predicted octanol–water partition coefficient (Wildman–Crippen LogP) is 1.69. The van der Waals surface area contributed by atoms with E-state index < -0.39 is 0 Å². The maximum atomic E-state index is 5.74. The van der Waals surface area contributed by atoms with Crippen molar-refractivity contribution in [3.8, 4) is 0 Å². The standard InChI is InChI=1S/C13H20N2O/c1-9-5-12(16-10(9)2)7-15-6-11-3-4-14-13(11)8-15/h5,11,13-14H,3-4,6-8H2,1-2H3/t11-,13+/m1/s1. The Morgan fingerprint density at radius 1 is 1.44 bits per heavy atom. The molecule has 88 valence electrons. The molecule has 0 aromatic carbocycles. The minimum Gasteiger partial charge on any atom is -0.465 e. The number of fused-ring (bicyclic) bond motifs is 1. The summed E-state index contributed by atoms with van der Waals surface area (Å²) in [6.07, 6.45) is 1.34. The Labute approximate surface area is 96.8 Å². The van der Waals surface area contributed by atoms with E-state index in [9.17, 15) is 0 Å². The zero-order valence-corrected chi connectivity index (χ0v) is 10.1. The molecule has 0 radical (unpaired) electrons. The number of furan rings is 1. The van der Waals surface area contributed by atoms with Gasteiger partial charge in [0, 0.05) is 19.1 Å². The fourth-order valence-electron chi connectivity index (χ4n) is 3.02. The average molecular weight is 220 g/mol. The van der Waals surface area contributed by atoms with Crippen molar-refractivity contribution < 1.29 is 4.42 Å². The summed E-state index contributed by atoms with van der Waals surface area (Å²) in [6.45, 7) is 8.76. The van der Waals surface area contributed by atoms with Crippen LogP contribution in [0.15, 0.2) is 10.5 Å². The van der Waals surface area contributed by atoms with E-state index in [-0.39, 0.29) is 0 Å². The molecule has 3 heterocycles. The number of hydrogen-bond donors (Lipinski definition) is 1. The van der Waals surface area contributed by atoms with Crippen molar-refractivity contribution in [2.75, 3.05) is 19.6 Å². The molecule has 0 amide bonds. The van der Waals surface area contributed by atoms with Gasteiger partial charge in [0.2, 0.25) is 0 Å². The van der Waals surface area contributed by atoms with Gasteiger partial charge >= 0.3 is 0 Å². The topological polar surface area (TPSA) is 28.4 Å². The predicted molar refractivity (Wildman–Crippen MR) is 63.4 cm³/mol. The minimum atomic E-state index is 0.733. The lowest BCUT2D eigenvalue weighted by molar-refractivity contribution is 0.276. The lowest BCUT2D eigenvalue weighted by Crippen LogP contribution is -2.29. The van der Waals surface area contributed by atoms with Gasteiger partial charge < -0.3 is 9.73 Å². The molecule has 0 unspecified atom stereocenters. The Morgan fingerprint density at radius 2 is 2.31 bits per heavy atom. The third-order valence-electron chi connectivity index (χ3n) is 4.03. The first kappa shape index (κ1) is 10.4. The Bertz CT molecular complexity index is 354. The number of nitrogens with one attached hydrogen (secondary N) is 1. The third-order valence-corrected chi connectivity index (χ3v) is 4.03. The van der Waals surface area contributed by atoms with E-state index >= 15 is 0 Å². The van der Waals surface area contributed by atoms with E-state index in [1.54, 1.807) is 0 Å². The Kier molecular flexibility index (Phi) is 2.52. The lowest BCUT2D eigenvalue weighted by atomic mass is 10.1. The molecule has 3 rings (SSSR count). The highest BCUT2D eigenvalue weighted by Crippen LogP contribution is 2.26. The van der Waals surface area contributed by atoms with Gasteiger partial charge in [-0.15, -0.1) is 0 Å². The molecule has 3 nitrogen and oxygen atoms in total. The highest BCUT2D eigenvalue weighted by atomic mass is 16.3. The minimum absolute atomic E-state index is 0.733. The molecule has 0 saturated carbocycles. The van der Waals surface area contributed by atoms with E-state index in [1.165, 1.54) is 31.6 Å². The molecule has 16 heavy (non-hydrogen) atoms. The zero-order chi connectivity index (χ0) is 11.1. The van der Waals surface area contributed by atoms with E-state index in [0.29, 0.717) is 0 Å². The molecule has 2 aliphatic heterocycles. The second-order valence-electron chi connectivity index (χ2n) is 5.26. The molecule has 2 saturated heterocycles. The molecular formula is C13H20N2O. The summed E-state index contributed by atoms with van der Waals surface area (Å²) >= 11 is 0. The van der Waals surface area contributed by atoms with Crippen LogP contribution in [0.1, 0.15) is 23.5 Å². The molecule has 0 aliphatic carbocycles. The van der Waals surface area contributed by atoms with Crippen molar-refractivity contribution in [3.05, 3.63) is 23.2 Å². The van der Waals surface area contributed by atoms with Crippen molar-refractivity contribution in [2.24, 2.45) is 5.92 Å². The molecule has 1 N–H and O–H groups in total. The van der Waals surface area contributed by atoms with Crippen LogP contribution in [-0.2, 0) is 6.54 Å². The van der Waals surface area contributed by atoms with Crippen LogP contribution >= 0.6 is 0 Å². The second-order valence-corrected chi connectivity index (χ2v) is 5.26. The molecule has 3 heteroatoms. The Balaban J connectivity index is 1.64. The van der Waals surface area contributed by atoms with Gasteiger partial charge in [-0.2, -0.15) is 0 Å². The van der Waals surface area contributed by atoms with Crippen LogP contribution in [0.5, 0.6) is 0 Å². The van der Waals surface area contributed by atoms with Gasteiger partial charge in [0.1, 0.15) is 11.5 Å². The number of rotatable bonds is 2. The zero-order valence-electron chi connectivity index (χ0n) is 10.1. The number of aryl methyl sites for hydroxylation is 2. The molecule has 2 fully saturated rings. The molecule has 1 aromatic rings. The van der Waals surface area contributed by atoms with E-state index in [4.69, 9.17) is 4.42 Å². The Hall–Kier alpha value is -0.800. The quantitative estimate of drug-likeness (QED) is 0.822. The van der Waals surface area contributed by atoms with Crippen LogP contribution in [0.3, 0.4) is 0 Å². The summed E-state index contributed by atoms with van der Waals surface area (Å²) in [5.74, 6) is 3.06. The molecular weight excluding hydrogens is 200 g/mol. The first-order valence-corrected chi connectivity index (χ1v) is 6.24. The highest BCUT2D eigenvalue weighted by molar-refractivity contribution is 5.18. The van der Waals surface area contributed by atoms with Crippen molar-refractivity contribution >= 4 is 0 Å². The maximum absolute atomic E-state index is 5.74. The van der Waals surface area contributed by atoms with Crippen molar-refractivity contribution in [1.82, 2.24) is 10.2 Å². The molecule has 2 atom stereocenters. The van der Waals surface area contributed by atoms with E-state index in [1.807, 2.05) is 6.92 Å². The van der Waals surface area contributed by atoms with Crippen LogP contribution < -0.4 is 5.32 Å². The normalized spacial score (nSPS) is 29.9. The lowest BCUT2D eigenvalue weighted by Gasteiger charge is -2.14. The number of likely N-dealkylation sites (tertiary alicyclic amines) is 1. The van der Waals surface area contributed by atoms with E-state index in [2.05, 4.69) is 23.2 Å². The van der Waals surface area contributed by atoms with Gasteiger partial charge in [-0.3, -0.25) is 4.90 Å². The molecule has 0 spiro atoms. The molecule has 1 aromatic heterocycles. The summed E-state index contributed by atoms with van der Waals surface area (Å²) in [5.41, 5.74) is 1.27. The summed E-state index contributed by atoms with van der Waals surface area (Å²) in [5, 5.41) is 3.58. The van der Waals surface area contributed by atoms with Crippen LogP contribution in [-0.4, -0.2) is 30.6 Å². The first-order valence-electron chi connectivity index (χ1n) is 6.24. The fourth-order valence-corrected chi connectivity index (χ4v) is 3.02. The van der Waals surface area contributed by atoms with Gasteiger partial charge in [0.05, 0.1) is 6.54 Å². The SMILES string of the molecule is Cc1cc(CN2C[C@H]3CCN[C@H]3C2)oc1C. The van der Waals surface area contributed by atoms with E-state index in [0.717, 1.165) is 30.0 Å². The van der Waals surface area contributed by atoms with Gasteiger partial charge in [-0.1, -0.05) is 0 Å². The van der Waals surface area contributed by atoms with Crippen LogP contribution in [0.2, 0.25) is 0 Å². The first-order chi connectivity index (χ1) is 7.72. The van der Waals surface area contributed by atoms with Gasteiger partial charge in [-0.05, 0) is 44.4 Å². The van der Waals surface area contributed by atoms with Crippen LogP contribution in [0.4, 0.5) is 0 Å². The van der Waals surface area contributed by atoms with Crippen molar-refractivity contribution in [1.29, 1.82) is 0 Å².